The summed E-state index contributed by atoms with van der Waals surface area (Å²) < 4.78 is 1.87. The van der Waals surface area contributed by atoms with Gasteiger partial charge in [0, 0.05) is 19.2 Å². The van der Waals surface area contributed by atoms with Crippen LogP contribution in [0.2, 0.25) is 0 Å². The van der Waals surface area contributed by atoms with Crippen LogP contribution >= 0.6 is 11.8 Å². The molecule has 1 fully saturated rings. The molecule has 0 spiro atoms. The molecule has 0 radical (unpaired) electrons. The second-order valence-corrected chi connectivity index (χ2v) is 9.14. The van der Waals surface area contributed by atoms with Crippen LogP contribution in [-0.4, -0.2) is 61.9 Å². The Kier molecular flexibility index (Phi) is 7.79. The minimum atomic E-state index is -0.687. The molecule has 0 unspecified atom stereocenters. The van der Waals surface area contributed by atoms with Gasteiger partial charge in [0.15, 0.2) is 11.5 Å². The number of hydrogen-bond acceptors (Lipinski definition) is 6. The van der Waals surface area contributed by atoms with Crippen LogP contribution in [-0.2, 0) is 16.0 Å². The van der Waals surface area contributed by atoms with E-state index in [1.807, 2.05) is 65.4 Å². The molecule has 0 bridgehead atoms. The Labute approximate surface area is 202 Å². The number of pyridine rings is 1. The van der Waals surface area contributed by atoms with Gasteiger partial charge in [0.25, 0.3) is 5.91 Å². The molecule has 1 aliphatic rings. The molecule has 2 N–H and O–H groups in total. The predicted molar refractivity (Wildman–Crippen MR) is 130 cm³/mol. The standard InChI is InChI=1S/C24H28N6O3S/c1-34-16-13-18(22-28-27-20-9-5-6-14-29(20)22)25-21(31)11-10-19-23(32)30(24(33)26-19)15-12-17-7-3-2-4-8-17/h2-9,14,18-19H,10-13,15-16H2,1H3,(H,25,31)(H,26,33)/t18-,19+/m1/s1. The summed E-state index contributed by atoms with van der Waals surface area (Å²) in [7, 11) is 0. The molecule has 0 aliphatic carbocycles. The summed E-state index contributed by atoms with van der Waals surface area (Å²) in [6.07, 6.45) is 5.55. The number of aromatic nitrogens is 3. The Morgan fingerprint density at radius 1 is 1.15 bits per heavy atom. The van der Waals surface area contributed by atoms with Crippen LogP contribution < -0.4 is 10.6 Å². The van der Waals surface area contributed by atoms with Gasteiger partial charge < -0.3 is 10.6 Å². The van der Waals surface area contributed by atoms with Crippen molar-refractivity contribution >= 4 is 35.3 Å². The molecule has 3 heterocycles. The van der Waals surface area contributed by atoms with E-state index in [0.717, 1.165) is 17.0 Å². The number of rotatable bonds is 11. The van der Waals surface area contributed by atoms with E-state index in [1.165, 1.54) is 4.90 Å². The van der Waals surface area contributed by atoms with Crippen LogP contribution in [0.1, 0.15) is 36.7 Å². The molecule has 34 heavy (non-hydrogen) atoms. The van der Waals surface area contributed by atoms with Gasteiger partial charge >= 0.3 is 6.03 Å². The van der Waals surface area contributed by atoms with E-state index in [-0.39, 0.29) is 30.7 Å². The zero-order valence-corrected chi connectivity index (χ0v) is 19.8. The molecule has 0 saturated carbocycles. The van der Waals surface area contributed by atoms with E-state index in [2.05, 4.69) is 20.8 Å². The first kappa shape index (κ1) is 23.7. The predicted octanol–water partition coefficient (Wildman–Crippen LogP) is 2.58. The average molecular weight is 481 g/mol. The number of nitrogens with zero attached hydrogens (tertiary/aromatic N) is 4. The Hall–Kier alpha value is -3.40. The lowest BCUT2D eigenvalue weighted by Gasteiger charge is -2.17. The smallest absolute Gasteiger partial charge is 0.324 e. The van der Waals surface area contributed by atoms with Crippen molar-refractivity contribution in [1.82, 2.24) is 30.1 Å². The van der Waals surface area contributed by atoms with Crippen molar-refractivity contribution in [2.24, 2.45) is 0 Å². The van der Waals surface area contributed by atoms with Crippen LogP contribution in [0, 0.1) is 0 Å². The molecule has 1 aromatic carbocycles. The number of amides is 4. The molecule has 9 nitrogen and oxygen atoms in total. The van der Waals surface area contributed by atoms with Gasteiger partial charge in [-0.05, 0) is 49.0 Å². The number of benzene rings is 1. The number of nitrogens with one attached hydrogen (secondary N) is 2. The molecule has 1 saturated heterocycles. The maximum atomic E-state index is 12.8. The minimum absolute atomic E-state index is 0.121. The third kappa shape index (κ3) is 5.56. The number of carbonyl (C=O) groups excluding carboxylic acids is 3. The first-order chi connectivity index (χ1) is 16.6. The van der Waals surface area contributed by atoms with E-state index in [0.29, 0.717) is 25.2 Å². The van der Waals surface area contributed by atoms with Crippen molar-refractivity contribution in [2.75, 3.05) is 18.6 Å². The minimum Gasteiger partial charge on any atom is -0.346 e. The number of urea groups is 1. The normalized spacial score (nSPS) is 16.6. The van der Waals surface area contributed by atoms with Crippen molar-refractivity contribution in [3.05, 3.63) is 66.1 Å². The van der Waals surface area contributed by atoms with Crippen LogP contribution in [0.5, 0.6) is 0 Å². The van der Waals surface area contributed by atoms with Gasteiger partial charge in [-0.1, -0.05) is 36.4 Å². The molecular formula is C24H28N6O3S. The molecule has 4 rings (SSSR count). The molecule has 178 valence electrons. The second kappa shape index (κ2) is 11.1. The van der Waals surface area contributed by atoms with E-state index >= 15 is 0 Å². The Morgan fingerprint density at radius 3 is 2.74 bits per heavy atom. The molecular weight excluding hydrogens is 452 g/mol. The highest BCUT2D eigenvalue weighted by Gasteiger charge is 2.37. The quantitative estimate of drug-likeness (QED) is 0.409. The Balaban J connectivity index is 1.33. The summed E-state index contributed by atoms with van der Waals surface area (Å²) in [5.74, 6) is 1.05. The van der Waals surface area contributed by atoms with Gasteiger partial charge in [0.1, 0.15) is 6.04 Å². The van der Waals surface area contributed by atoms with E-state index in [9.17, 15) is 14.4 Å². The molecule has 4 amide bonds. The lowest BCUT2D eigenvalue weighted by molar-refractivity contribution is -0.127. The molecule has 2 aromatic heterocycles. The maximum absolute atomic E-state index is 12.8. The van der Waals surface area contributed by atoms with Crippen LogP contribution in [0.3, 0.4) is 0 Å². The summed E-state index contributed by atoms with van der Waals surface area (Å²) in [6.45, 7) is 0.314. The zero-order valence-electron chi connectivity index (χ0n) is 19.0. The van der Waals surface area contributed by atoms with Crippen LogP contribution in [0.15, 0.2) is 54.7 Å². The monoisotopic (exact) mass is 480 g/mol. The summed E-state index contributed by atoms with van der Waals surface area (Å²) in [4.78, 5) is 39.1. The molecule has 3 aromatic rings. The largest absolute Gasteiger partial charge is 0.346 e. The zero-order chi connectivity index (χ0) is 23.9. The lowest BCUT2D eigenvalue weighted by Crippen LogP contribution is -2.35. The Morgan fingerprint density at radius 2 is 1.94 bits per heavy atom. The van der Waals surface area contributed by atoms with E-state index in [1.54, 1.807) is 11.8 Å². The summed E-state index contributed by atoms with van der Waals surface area (Å²) in [6, 6.07) is 14.0. The number of carbonyl (C=O) groups is 3. The SMILES string of the molecule is CSCC[C@@H](NC(=O)CC[C@@H]1NC(=O)N(CCc2ccccc2)C1=O)c1nnc2ccccn12. The van der Waals surface area contributed by atoms with Crippen molar-refractivity contribution < 1.29 is 14.4 Å². The first-order valence-electron chi connectivity index (χ1n) is 11.3. The van der Waals surface area contributed by atoms with Gasteiger partial charge in [-0.15, -0.1) is 10.2 Å². The van der Waals surface area contributed by atoms with Crippen LogP contribution in [0.4, 0.5) is 4.79 Å². The summed E-state index contributed by atoms with van der Waals surface area (Å²) in [5.41, 5.74) is 1.78. The first-order valence-corrected chi connectivity index (χ1v) is 12.7. The number of fused-ring (bicyclic) bond motifs is 1. The fraction of sp³-hybridized carbons (Fsp3) is 0.375. The highest BCUT2D eigenvalue weighted by Crippen LogP contribution is 2.19. The van der Waals surface area contributed by atoms with Gasteiger partial charge in [-0.2, -0.15) is 11.8 Å². The maximum Gasteiger partial charge on any atom is 0.324 e. The number of hydrogen-bond donors (Lipinski definition) is 2. The van der Waals surface area contributed by atoms with Crippen molar-refractivity contribution in [3.8, 4) is 0 Å². The summed E-state index contributed by atoms with van der Waals surface area (Å²) >= 11 is 1.69. The van der Waals surface area contributed by atoms with E-state index in [4.69, 9.17) is 0 Å². The van der Waals surface area contributed by atoms with Gasteiger partial charge in [0.2, 0.25) is 5.91 Å². The van der Waals surface area contributed by atoms with Gasteiger partial charge in [-0.3, -0.25) is 18.9 Å². The molecule has 1 aliphatic heterocycles. The number of imide groups is 1. The van der Waals surface area contributed by atoms with Gasteiger partial charge in [0.05, 0.1) is 6.04 Å². The third-order valence-electron chi connectivity index (χ3n) is 5.83. The number of thioether (sulfide) groups is 1. The highest BCUT2D eigenvalue weighted by atomic mass is 32.2. The third-order valence-corrected chi connectivity index (χ3v) is 6.48. The van der Waals surface area contributed by atoms with E-state index < -0.39 is 12.1 Å². The molecule has 2 atom stereocenters. The highest BCUT2D eigenvalue weighted by molar-refractivity contribution is 7.98. The van der Waals surface area contributed by atoms with Gasteiger partial charge in [-0.25, -0.2) is 4.79 Å². The fourth-order valence-corrected chi connectivity index (χ4v) is 4.48. The van der Waals surface area contributed by atoms with Crippen molar-refractivity contribution in [3.63, 3.8) is 0 Å². The van der Waals surface area contributed by atoms with Crippen molar-refractivity contribution in [1.29, 1.82) is 0 Å². The second-order valence-electron chi connectivity index (χ2n) is 8.15. The fourth-order valence-electron chi connectivity index (χ4n) is 4.01. The lowest BCUT2D eigenvalue weighted by atomic mass is 10.1. The van der Waals surface area contributed by atoms with Crippen LogP contribution in [0.25, 0.3) is 5.65 Å². The summed E-state index contributed by atoms with van der Waals surface area (Å²) in [5, 5.41) is 14.2. The Bertz CT molecular complexity index is 1150. The molecule has 10 heteroatoms. The average Bonchev–Trinajstić information content (AvgIpc) is 3.40. The van der Waals surface area contributed by atoms with Crippen molar-refractivity contribution in [2.45, 2.75) is 37.8 Å². The topological polar surface area (TPSA) is 109 Å².